The number of ether oxygens (including phenoxy) is 2. The average Bonchev–Trinajstić information content (AvgIpc) is 2.62. The minimum atomic E-state index is -0.123. The zero-order valence-corrected chi connectivity index (χ0v) is 12.7. The SMILES string of the molecule is COc1ccccc1N=N/C(C#N)=N/Nc1ccccc1OC. The van der Waals surface area contributed by atoms with E-state index in [0.29, 0.717) is 22.9 Å². The van der Waals surface area contributed by atoms with E-state index in [1.54, 1.807) is 37.4 Å². The third-order valence-electron chi connectivity index (χ3n) is 2.83. The molecule has 23 heavy (non-hydrogen) atoms. The van der Waals surface area contributed by atoms with Crippen LogP contribution in [-0.4, -0.2) is 20.1 Å². The van der Waals surface area contributed by atoms with Crippen LogP contribution in [0, 0.1) is 11.3 Å². The van der Waals surface area contributed by atoms with Crippen LogP contribution in [0.3, 0.4) is 0 Å². The number of hydrazone groups is 1. The van der Waals surface area contributed by atoms with E-state index < -0.39 is 0 Å². The molecule has 0 atom stereocenters. The molecule has 0 saturated carbocycles. The summed E-state index contributed by atoms with van der Waals surface area (Å²) in [5, 5.41) is 20.8. The number of nitriles is 1. The van der Waals surface area contributed by atoms with E-state index in [1.165, 1.54) is 7.11 Å². The molecule has 0 aliphatic carbocycles. The standard InChI is InChI=1S/C16H15N5O2/c1-22-14-9-5-3-7-12(14)18-20-16(11-17)21-19-13-8-4-6-10-15(13)23-2/h3-10,18H,1-2H3/b20-16+,21-19?. The predicted octanol–water partition coefficient (Wildman–Crippen LogP) is 3.74. The molecule has 0 aliphatic rings. The Morgan fingerprint density at radius 3 is 2.35 bits per heavy atom. The minimum Gasteiger partial charge on any atom is -0.495 e. The molecule has 0 unspecified atom stereocenters. The number of benzene rings is 2. The van der Waals surface area contributed by atoms with Crippen LogP contribution in [0.25, 0.3) is 0 Å². The van der Waals surface area contributed by atoms with Gasteiger partial charge in [0.15, 0.2) is 0 Å². The molecule has 7 heteroatoms. The molecule has 0 fully saturated rings. The monoisotopic (exact) mass is 309 g/mol. The number of nitrogens with zero attached hydrogens (tertiary/aromatic N) is 4. The highest BCUT2D eigenvalue weighted by Gasteiger charge is 2.02. The Kier molecular flexibility index (Phi) is 5.66. The molecular weight excluding hydrogens is 294 g/mol. The highest BCUT2D eigenvalue weighted by Crippen LogP contribution is 2.26. The largest absolute Gasteiger partial charge is 0.495 e. The van der Waals surface area contributed by atoms with Gasteiger partial charge in [0.1, 0.15) is 23.3 Å². The zero-order chi connectivity index (χ0) is 16.5. The van der Waals surface area contributed by atoms with Crippen LogP contribution in [0.2, 0.25) is 0 Å². The topological polar surface area (TPSA) is 91.4 Å². The van der Waals surface area contributed by atoms with E-state index in [-0.39, 0.29) is 5.84 Å². The lowest BCUT2D eigenvalue weighted by atomic mass is 10.3. The Morgan fingerprint density at radius 2 is 1.65 bits per heavy atom. The van der Waals surface area contributed by atoms with E-state index in [1.807, 2.05) is 24.3 Å². The summed E-state index contributed by atoms with van der Waals surface area (Å²) in [6.45, 7) is 0. The van der Waals surface area contributed by atoms with Crippen LogP contribution in [0.15, 0.2) is 63.9 Å². The van der Waals surface area contributed by atoms with Crippen molar-refractivity contribution in [1.82, 2.24) is 0 Å². The number of anilines is 1. The maximum absolute atomic E-state index is 9.10. The number of rotatable bonds is 5. The fourth-order valence-electron chi connectivity index (χ4n) is 1.73. The second kappa shape index (κ2) is 8.14. The lowest BCUT2D eigenvalue weighted by Crippen LogP contribution is -1.98. The van der Waals surface area contributed by atoms with Crippen LogP contribution in [-0.2, 0) is 0 Å². The second-order valence-electron chi connectivity index (χ2n) is 4.23. The van der Waals surface area contributed by atoms with Gasteiger partial charge in [0.25, 0.3) is 5.84 Å². The summed E-state index contributed by atoms with van der Waals surface area (Å²) in [4.78, 5) is 0. The van der Waals surface area contributed by atoms with Gasteiger partial charge in [-0.3, -0.25) is 5.43 Å². The quantitative estimate of drug-likeness (QED) is 0.394. The number of methoxy groups -OCH3 is 2. The van der Waals surface area contributed by atoms with Crippen LogP contribution >= 0.6 is 0 Å². The lowest BCUT2D eigenvalue weighted by molar-refractivity contribution is 0.416. The maximum Gasteiger partial charge on any atom is 0.270 e. The maximum atomic E-state index is 9.10. The molecule has 0 heterocycles. The van der Waals surface area contributed by atoms with Gasteiger partial charge in [0, 0.05) is 0 Å². The Labute approximate surface area is 133 Å². The van der Waals surface area contributed by atoms with Crippen LogP contribution < -0.4 is 14.9 Å². The molecule has 0 bridgehead atoms. The number of amidine groups is 1. The molecule has 0 aliphatic heterocycles. The van der Waals surface area contributed by atoms with Gasteiger partial charge < -0.3 is 9.47 Å². The van der Waals surface area contributed by atoms with Crippen molar-refractivity contribution in [3.05, 3.63) is 48.5 Å². The van der Waals surface area contributed by atoms with E-state index in [9.17, 15) is 0 Å². The second-order valence-corrected chi connectivity index (χ2v) is 4.23. The molecule has 0 aromatic heterocycles. The molecule has 2 aromatic carbocycles. The Hall–Kier alpha value is -3.40. The van der Waals surface area contributed by atoms with E-state index >= 15 is 0 Å². The summed E-state index contributed by atoms with van der Waals surface area (Å²) in [7, 11) is 3.09. The van der Waals surface area contributed by atoms with E-state index in [0.717, 1.165) is 0 Å². The highest BCUT2D eigenvalue weighted by atomic mass is 16.5. The highest BCUT2D eigenvalue weighted by molar-refractivity contribution is 5.97. The van der Waals surface area contributed by atoms with Crippen LogP contribution in [0.1, 0.15) is 0 Å². The normalized spacial score (nSPS) is 11.1. The fraction of sp³-hybridized carbons (Fsp3) is 0.125. The van der Waals surface area contributed by atoms with Crippen molar-refractivity contribution in [3.8, 4) is 17.6 Å². The molecule has 1 N–H and O–H groups in total. The van der Waals surface area contributed by atoms with Gasteiger partial charge in [-0.05, 0) is 24.3 Å². The first-order valence-electron chi connectivity index (χ1n) is 6.70. The van der Waals surface area contributed by atoms with Crippen molar-refractivity contribution >= 4 is 17.2 Å². The van der Waals surface area contributed by atoms with Crippen molar-refractivity contribution in [3.63, 3.8) is 0 Å². The third kappa shape index (κ3) is 4.28. The zero-order valence-electron chi connectivity index (χ0n) is 12.7. The van der Waals surface area contributed by atoms with Crippen molar-refractivity contribution in [2.24, 2.45) is 15.3 Å². The summed E-state index contributed by atoms with van der Waals surface area (Å²) in [6.07, 6.45) is 0. The summed E-state index contributed by atoms with van der Waals surface area (Å²) in [6, 6.07) is 16.2. The van der Waals surface area contributed by atoms with Crippen molar-refractivity contribution in [2.45, 2.75) is 0 Å². The Morgan fingerprint density at radius 1 is 1.00 bits per heavy atom. The molecule has 2 rings (SSSR count). The molecule has 0 spiro atoms. The Bertz CT molecular complexity index is 765. The molecule has 0 radical (unpaired) electrons. The van der Waals surface area contributed by atoms with Crippen molar-refractivity contribution in [2.75, 3.05) is 19.6 Å². The molecule has 7 nitrogen and oxygen atoms in total. The first-order chi connectivity index (χ1) is 11.3. The molecular formula is C16H15N5O2. The number of nitrogens with one attached hydrogen (secondary N) is 1. The first-order valence-corrected chi connectivity index (χ1v) is 6.70. The van der Waals surface area contributed by atoms with Gasteiger partial charge in [-0.15, -0.1) is 15.3 Å². The molecule has 2 aromatic rings. The summed E-state index contributed by atoms with van der Waals surface area (Å²) in [5.41, 5.74) is 3.87. The summed E-state index contributed by atoms with van der Waals surface area (Å²) >= 11 is 0. The van der Waals surface area contributed by atoms with Crippen molar-refractivity contribution < 1.29 is 9.47 Å². The van der Waals surface area contributed by atoms with E-state index in [4.69, 9.17) is 14.7 Å². The van der Waals surface area contributed by atoms with Gasteiger partial charge >= 0.3 is 0 Å². The van der Waals surface area contributed by atoms with Gasteiger partial charge in [0.2, 0.25) is 0 Å². The number of azo groups is 1. The third-order valence-corrected chi connectivity index (χ3v) is 2.83. The number of hydrogen-bond acceptors (Lipinski definition) is 6. The number of hydrogen-bond donors (Lipinski definition) is 1. The van der Waals surface area contributed by atoms with Crippen molar-refractivity contribution in [1.29, 1.82) is 5.26 Å². The minimum absolute atomic E-state index is 0.123. The molecule has 0 amide bonds. The fourth-order valence-corrected chi connectivity index (χ4v) is 1.73. The molecule has 0 saturated heterocycles. The van der Waals surface area contributed by atoms with Gasteiger partial charge in [-0.25, -0.2) is 0 Å². The first kappa shape index (κ1) is 16.0. The lowest BCUT2D eigenvalue weighted by Gasteiger charge is -2.06. The van der Waals surface area contributed by atoms with Gasteiger partial charge in [-0.2, -0.15) is 5.26 Å². The van der Waals surface area contributed by atoms with Crippen LogP contribution in [0.4, 0.5) is 11.4 Å². The smallest absolute Gasteiger partial charge is 0.270 e. The van der Waals surface area contributed by atoms with Crippen LogP contribution in [0.5, 0.6) is 11.5 Å². The molecule has 116 valence electrons. The summed E-state index contributed by atoms with van der Waals surface area (Å²) < 4.78 is 10.3. The number of para-hydroxylation sites is 3. The average molecular weight is 309 g/mol. The van der Waals surface area contributed by atoms with Gasteiger partial charge in [0.05, 0.1) is 19.9 Å². The predicted molar refractivity (Wildman–Crippen MR) is 87.2 cm³/mol. The van der Waals surface area contributed by atoms with E-state index in [2.05, 4.69) is 20.8 Å². The summed E-state index contributed by atoms with van der Waals surface area (Å²) in [5.74, 6) is 1.04. The van der Waals surface area contributed by atoms with Gasteiger partial charge in [-0.1, -0.05) is 24.3 Å². The Balaban J connectivity index is 2.16.